The fraction of sp³-hybridized carbons (Fsp3) is 0.797. The van der Waals surface area contributed by atoms with E-state index in [2.05, 4.69) is 61.7 Å². The third-order valence-corrected chi connectivity index (χ3v) is 15.5. The van der Waals surface area contributed by atoms with E-state index < -0.39 is 137 Å². The highest BCUT2D eigenvalue weighted by atomic mass is 16.8. The van der Waals surface area contributed by atoms with Gasteiger partial charge in [-0.3, -0.25) is 4.79 Å². The second-order valence-corrected chi connectivity index (χ2v) is 22.5. The zero-order chi connectivity index (χ0) is 60.5. The van der Waals surface area contributed by atoms with Crippen LogP contribution in [0.3, 0.4) is 0 Å². The van der Waals surface area contributed by atoms with Crippen LogP contribution in [-0.2, 0) is 33.2 Å². The molecule has 17 atom stereocenters. The maximum atomic E-state index is 13.3. The van der Waals surface area contributed by atoms with Crippen LogP contribution in [0, 0.1) is 0 Å². The van der Waals surface area contributed by atoms with Crippen molar-refractivity contribution in [2.45, 2.75) is 298 Å². The number of rotatable bonds is 46. The SMILES string of the molecule is CC/C=C\C/C=C\C/C=C\C/C=C\C/C=C\CC(=O)NC(COC1OC(CO)C(OC2OC(CO)C(OC3OC(CO)C(O)C(O)C3O)C(O)C2O)C(O)C1O)C(O)/C=C/CCCCCCCCCCCCCCCCCCCCCCC. The van der Waals surface area contributed by atoms with Gasteiger partial charge in [-0.05, 0) is 44.9 Å². The number of nitrogens with one attached hydrogen (secondary N) is 1. The molecule has 12 N–H and O–H groups in total. The summed E-state index contributed by atoms with van der Waals surface area (Å²) in [5.41, 5.74) is 0. The van der Waals surface area contributed by atoms with Gasteiger partial charge in [-0.15, -0.1) is 0 Å². The summed E-state index contributed by atoms with van der Waals surface area (Å²) in [5, 5.41) is 120. The minimum Gasteiger partial charge on any atom is -0.394 e. The third-order valence-electron chi connectivity index (χ3n) is 15.5. The first-order valence-electron chi connectivity index (χ1n) is 31.7. The van der Waals surface area contributed by atoms with Crippen LogP contribution in [0.15, 0.2) is 72.9 Å². The average molecular weight is 1180 g/mol. The minimum absolute atomic E-state index is 0.00825. The summed E-state index contributed by atoms with van der Waals surface area (Å²) in [5.74, 6) is -0.404. The molecule has 3 heterocycles. The standard InChI is InChI=1S/C64H111NO18/c1-3-5-7-9-11-13-15-17-19-20-21-22-23-24-25-26-28-29-31-33-35-37-39-41-48(69)47(65-52(70)42-40-38-36-34-32-30-27-18-16-14-12-10-8-6-4-2)46-78-62-58(76)55(73)60(50(44-67)80-62)83-64-59(77)56(74)61(51(45-68)81-64)82-63-57(75)54(72)53(71)49(43-66)79-63/h6,8,12,14,18,27,32,34,38-41,47-51,53-64,66-69,71-77H,3-5,7,9-11,13,15-17,19-26,28-31,33,35-37,42-46H2,1-2H3,(H,65,70)/b8-6-,14-12-,27-18-,34-32-,40-38-,41-39+. The van der Waals surface area contributed by atoms with Crippen molar-refractivity contribution >= 4 is 5.91 Å². The molecule has 0 aliphatic carbocycles. The zero-order valence-corrected chi connectivity index (χ0v) is 50.1. The number of ether oxygens (including phenoxy) is 6. The summed E-state index contributed by atoms with van der Waals surface area (Å²) in [7, 11) is 0. The van der Waals surface area contributed by atoms with Gasteiger partial charge in [0.1, 0.15) is 73.2 Å². The van der Waals surface area contributed by atoms with E-state index >= 15 is 0 Å². The first-order chi connectivity index (χ1) is 40.3. The van der Waals surface area contributed by atoms with Gasteiger partial charge in [-0.2, -0.15) is 0 Å². The molecule has 83 heavy (non-hydrogen) atoms. The van der Waals surface area contributed by atoms with Crippen LogP contribution in [0.4, 0.5) is 0 Å². The molecule has 1 amide bonds. The molecule has 3 fully saturated rings. The van der Waals surface area contributed by atoms with Gasteiger partial charge in [0.2, 0.25) is 5.91 Å². The number of carbonyl (C=O) groups excluding carboxylic acids is 1. The molecule has 17 unspecified atom stereocenters. The van der Waals surface area contributed by atoms with Crippen LogP contribution in [-0.4, -0.2) is 193 Å². The Kier molecular flexibility index (Phi) is 41.6. The Labute approximate surface area is 496 Å². The second-order valence-electron chi connectivity index (χ2n) is 22.5. The van der Waals surface area contributed by atoms with Crippen molar-refractivity contribution < 1.29 is 89.4 Å². The third kappa shape index (κ3) is 29.7. The topological polar surface area (TPSA) is 307 Å². The highest BCUT2D eigenvalue weighted by Gasteiger charge is 2.53. The number of hydrogen-bond acceptors (Lipinski definition) is 18. The minimum atomic E-state index is -1.99. The Morgan fingerprint density at radius 3 is 1.25 bits per heavy atom. The Morgan fingerprint density at radius 1 is 0.446 bits per heavy atom. The molecule has 480 valence electrons. The first-order valence-corrected chi connectivity index (χ1v) is 31.7. The van der Waals surface area contributed by atoms with E-state index in [1.165, 1.54) is 116 Å². The molecule has 0 saturated carbocycles. The summed E-state index contributed by atoms with van der Waals surface area (Å²) in [4.78, 5) is 13.3. The van der Waals surface area contributed by atoms with Gasteiger partial charge >= 0.3 is 0 Å². The van der Waals surface area contributed by atoms with Crippen LogP contribution in [0.2, 0.25) is 0 Å². The van der Waals surface area contributed by atoms with Crippen molar-refractivity contribution in [1.82, 2.24) is 5.32 Å². The summed E-state index contributed by atoms with van der Waals surface area (Å²) < 4.78 is 34.2. The monoisotopic (exact) mass is 1180 g/mol. The quantitative estimate of drug-likeness (QED) is 0.0226. The van der Waals surface area contributed by atoms with Crippen molar-refractivity contribution in [1.29, 1.82) is 0 Å². The lowest BCUT2D eigenvalue weighted by Crippen LogP contribution is -2.66. The van der Waals surface area contributed by atoms with E-state index in [0.29, 0.717) is 6.42 Å². The molecule has 0 radical (unpaired) electrons. The number of hydrogen-bond donors (Lipinski definition) is 12. The van der Waals surface area contributed by atoms with Gasteiger partial charge in [0.05, 0.1) is 38.6 Å². The Bertz CT molecular complexity index is 1790. The molecule has 3 aliphatic heterocycles. The molecule has 0 bridgehead atoms. The number of unbranched alkanes of at least 4 members (excludes halogenated alkanes) is 21. The van der Waals surface area contributed by atoms with E-state index in [1.54, 1.807) is 12.2 Å². The Balaban J connectivity index is 1.50. The van der Waals surface area contributed by atoms with E-state index in [9.17, 15) is 61.0 Å². The van der Waals surface area contributed by atoms with Crippen LogP contribution >= 0.6 is 0 Å². The fourth-order valence-electron chi connectivity index (χ4n) is 10.4. The van der Waals surface area contributed by atoms with E-state index in [-0.39, 0.29) is 6.42 Å². The Morgan fingerprint density at radius 2 is 0.819 bits per heavy atom. The van der Waals surface area contributed by atoms with E-state index in [1.807, 2.05) is 18.2 Å². The summed E-state index contributed by atoms with van der Waals surface area (Å²) in [6.07, 6.45) is 29.2. The average Bonchev–Trinajstić information content (AvgIpc) is 3.15. The largest absolute Gasteiger partial charge is 0.394 e. The molecule has 0 aromatic rings. The normalized spacial score (nSPS) is 29.9. The number of amides is 1. The second kappa shape index (κ2) is 46.4. The first kappa shape index (κ1) is 74.5. The molecule has 0 spiro atoms. The highest BCUT2D eigenvalue weighted by molar-refractivity contribution is 5.77. The number of allylic oxidation sites excluding steroid dienone is 10. The summed E-state index contributed by atoms with van der Waals surface area (Å²) in [6, 6.07) is -1.03. The van der Waals surface area contributed by atoms with Crippen LogP contribution in [0.1, 0.15) is 194 Å². The lowest BCUT2D eigenvalue weighted by atomic mass is 9.96. The van der Waals surface area contributed by atoms with Crippen molar-refractivity contribution in [2.24, 2.45) is 0 Å². The van der Waals surface area contributed by atoms with Crippen LogP contribution < -0.4 is 5.32 Å². The number of aliphatic hydroxyl groups is 11. The van der Waals surface area contributed by atoms with E-state index in [0.717, 1.165) is 51.4 Å². The van der Waals surface area contributed by atoms with Crippen LogP contribution in [0.5, 0.6) is 0 Å². The molecule has 0 aromatic heterocycles. The van der Waals surface area contributed by atoms with Crippen LogP contribution in [0.25, 0.3) is 0 Å². The van der Waals surface area contributed by atoms with Gasteiger partial charge < -0.3 is 89.9 Å². The summed E-state index contributed by atoms with van der Waals surface area (Å²) >= 11 is 0. The molecule has 0 aromatic carbocycles. The highest BCUT2D eigenvalue weighted by Crippen LogP contribution is 2.33. The summed E-state index contributed by atoms with van der Waals surface area (Å²) in [6.45, 7) is 1.54. The van der Waals surface area contributed by atoms with Crippen molar-refractivity contribution in [2.75, 3.05) is 26.4 Å². The number of aliphatic hydroxyl groups excluding tert-OH is 11. The molecule has 19 nitrogen and oxygen atoms in total. The number of carbonyl (C=O) groups is 1. The maximum Gasteiger partial charge on any atom is 0.224 e. The molecule has 3 aliphatic rings. The van der Waals surface area contributed by atoms with Gasteiger partial charge in [-0.25, -0.2) is 0 Å². The molecule has 3 saturated heterocycles. The predicted octanol–water partition coefficient (Wildman–Crippen LogP) is 6.60. The molecular weight excluding hydrogens is 1070 g/mol. The van der Waals surface area contributed by atoms with Crippen molar-refractivity contribution in [3.63, 3.8) is 0 Å². The molecule has 3 rings (SSSR count). The maximum absolute atomic E-state index is 13.3. The van der Waals surface area contributed by atoms with Gasteiger partial charge in [-0.1, -0.05) is 215 Å². The predicted molar refractivity (Wildman–Crippen MR) is 318 cm³/mol. The molecule has 19 heteroatoms. The zero-order valence-electron chi connectivity index (χ0n) is 50.1. The lowest BCUT2D eigenvalue weighted by Gasteiger charge is -2.48. The molecular formula is C64H111NO18. The van der Waals surface area contributed by atoms with Crippen molar-refractivity contribution in [3.8, 4) is 0 Å². The lowest BCUT2D eigenvalue weighted by molar-refractivity contribution is -0.379. The van der Waals surface area contributed by atoms with Gasteiger partial charge in [0.15, 0.2) is 18.9 Å². The van der Waals surface area contributed by atoms with Crippen molar-refractivity contribution in [3.05, 3.63) is 72.9 Å². The smallest absolute Gasteiger partial charge is 0.224 e. The fourth-order valence-corrected chi connectivity index (χ4v) is 10.4. The Hall–Kier alpha value is -2.77. The van der Waals surface area contributed by atoms with Gasteiger partial charge in [0.25, 0.3) is 0 Å². The van der Waals surface area contributed by atoms with E-state index in [4.69, 9.17) is 28.4 Å². The van der Waals surface area contributed by atoms with Gasteiger partial charge in [0, 0.05) is 6.42 Å².